The predicted molar refractivity (Wildman–Crippen MR) is 52.8 cm³/mol. The van der Waals surface area contributed by atoms with Crippen molar-refractivity contribution in [2.75, 3.05) is 5.75 Å². The molecule has 1 unspecified atom stereocenters. The topological polar surface area (TPSA) is 104 Å². The second-order valence-electron chi connectivity index (χ2n) is 3.11. The van der Waals surface area contributed by atoms with E-state index in [9.17, 15) is 9.13 Å². The molecule has 0 saturated heterocycles. The number of hydrogen-bond donors (Lipinski definition) is 3. The standard InChI is InChI=1S/C5H12O6P2S/c6-12(7,8)11-13(9,10)14-4-3-5-1-2-5/h5H,1-4H2,(H,9,10)(H2,6,7,8). The molecule has 1 aliphatic carbocycles. The van der Waals surface area contributed by atoms with Gasteiger partial charge in [-0.1, -0.05) is 12.8 Å². The average molecular weight is 262 g/mol. The first kappa shape index (κ1) is 12.7. The van der Waals surface area contributed by atoms with E-state index in [4.69, 9.17) is 14.7 Å². The molecule has 0 spiro atoms. The molecule has 0 amide bonds. The van der Waals surface area contributed by atoms with Crippen LogP contribution in [0, 0.1) is 5.92 Å². The minimum Gasteiger partial charge on any atom is -0.316 e. The Balaban J connectivity index is 2.25. The summed E-state index contributed by atoms with van der Waals surface area (Å²) in [5.74, 6) is 0.996. The van der Waals surface area contributed by atoms with Crippen LogP contribution in [0.1, 0.15) is 19.3 Å². The van der Waals surface area contributed by atoms with Crippen LogP contribution in [0.5, 0.6) is 0 Å². The SMILES string of the molecule is O=P(O)(O)OP(=O)(O)SCCC1CC1. The minimum atomic E-state index is -4.87. The minimum absolute atomic E-state index is 0.387. The first-order valence-electron chi connectivity index (χ1n) is 4.03. The monoisotopic (exact) mass is 262 g/mol. The van der Waals surface area contributed by atoms with Crippen molar-refractivity contribution in [3.63, 3.8) is 0 Å². The van der Waals surface area contributed by atoms with Gasteiger partial charge < -0.3 is 14.7 Å². The molecule has 1 rings (SSSR count). The van der Waals surface area contributed by atoms with Crippen LogP contribution in [-0.4, -0.2) is 20.4 Å². The Morgan fingerprint density at radius 2 is 1.86 bits per heavy atom. The lowest BCUT2D eigenvalue weighted by atomic mass is 10.3. The molecular formula is C5H12O6P2S. The highest BCUT2D eigenvalue weighted by Gasteiger charge is 2.32. The van der Waals surface area contributed by atoms with Gasteiger partial charge in [0.05, 0.1) is 0 Å². The molecule has 1 fully saturated rings. The van der Waals surface area contributed by atoms with Crippen molar-refractivity contribution in [3.8, 4) is 0 Å². The molecule has 0 bridgehead atoms. The molecule has 1 saturated carbocycles. The predicted octanol–water partition coefficient (Wildman–Crippen LogP) is 1.73. The van der Waals surface area contributed by atoms with Crippen LogP contribution in [-0.2, 0) is 13.4 Å². The molecule has 14 heavy (non-hydrogen) atoms. The number of hydrogen-bond acceptors (Lipinski definition) is 4. The fourth-order valence-electron chi connectivity index (χ4n) is 0.899. The van der Waals surface area contributed by atoms with Gasteiger partial charge in [0, 0.05) is 5.75 Å². The largest absolute Gasteiger partial charge is 0.477 e. The molecule has 6 nitrogen and oxygen atoms in total. The van der Waals surface area contributed by atoms with Gasteiger partial charge in [0.25, 0.3) is 0 Å². The zero-order chi connectivity index (χ0) is 10.8. The molecule has 0 aromatic carbocycles. The highest BCUT2D eigenvalue weighted by Crippen LogP contribution is 2.65. The van der Waals surface area contributed by atoms with E-state index >= 15 is 0 Å². The fourth-order valence-corrected chi connectivity index (χ4v) is 5.05. The van der Waals surface area contributed by atoms with Crippen LogP contribution in [0.15, 0.2) is 0 Å². The third-order valence-corrected chi connectivity index (χ3v) is 6.23. The summed E-state index contributed by atoms with van der Waals surface area (Å²) in [6, 6.07) is 0. The Morgan fingerprint density at radius 3 is 2.29 bits per heavy atom. The highest BCUT2D eigenvalue weighted by atomic mass is 32.7. The maximum atomic E-state index is 11.0. The lowest BCUT2D eigenvalue weighted by molar-refractivity contribution is 0.270. The lowest BCUT2D eigenvalue weighted by Gasteiger charge is -2.10. The summed E-state index contributed by atoms with van der Waals surface area (Å²) in [6.07, 6.45) is 3.06. The van der Waals surface area contributed by atoms with Crippen molar-refractivity contribution in [3.05, 3.63) is 0 Å². The van der Waals surface area contributed by atoms with Crippen LogP contribution in [0.3, 0.4) is 0 Å². The second kappa shape index (κ2) is 4.66. The quantitative estimate of drug-likeness (QED) is 0.626. The zero-order valence-electron chi connectivity index (χ0n) is 7.27. The van der Waals surface area contributed by atoms with E-state index in [1.54, 1.807) is 0 Å². The smallest absolute Gasteiger partial charge is 0.316 e. The zero-order valence-corrected chi connectivity index (χ0v) is 9.88. The third-order valence-electron chi connectivity index (χ3n) is 1.69. The molecule has 0 aromatic rings. The van der Waals surface area contributed by atoms with Gasteiger partial charge in [0.1, 0.15) is 0 Å². The lowest BCUT2D eigenvalue weighted by Crippen LogP contribution is -1.87. The van der Waals surface area contributed by atoms with E-state index in [2.05, 4.69) is 4.31 Å². The summed E-state index contributed by atoms with van der Waals surface area (Å²) in [5.41, 5.74) is 0. The molecule has 1 aliphatic rings. The fraction of sp³-hybridized carbons (Fsp3) is 1.00. The van der Waals surface area contributed by atoms with Crippen molar-refractivity contribution < 1.29 is 28.1 Å². The summed E-state index contributed by atoms with van der Waals surface area (Å²) in [6.45, 7) is -4.19. The summed E-state index contributed by atoms with van der Waals surface area (Å²) in [4.78, 5) is 25.6. The average Bonchev–Trinajstić information content (AvgIpc) is 2.64. The summed E-state index contributed by atoms with van der Waals surface area (Å²) in [5, 5.41) is 0. The molecule has 1 atom stereocenters. The Bertz CT molecular complexity index is 284. The molecule has 9 heteroatoms. The molecule has 0 aromatic heterocycles. The maximum absolute atomic E-state index is 11.0. The summed E-state index contributed by atoms with van der Waals surface area (Å²) in [7, 11) is -4.87. The highest BCUT2D eigenvalue weighted by molar-refractivity contribution is 8.55. The van der Waals surface area contributed by atoms with E-state index in [0.29, 0.717) is 23.1 Å². The van der Waals surface area contributed by atoms with Gasteiger partial charge >= 0.3 is 14.6 Å². The maximum Gasteiger partial charge on any atom is 0.477 e. The molecule has 0 aliphatic heterocycles. The van der Waals surface area contributed by atoms with Gasteiger partial charge in [0.2, 0.25) is 0 Å². The molecule has 0 heterocycles. The Hall–Kier alpha value is 0.650. The molecular weight excluding hydrogens is 250 g/mol. The van der Waals surface area contributed by atoms with Gasteiger partial charge in [-0.2, -0.15) is 4.31 Å². The first-order chi connectivity index (χ1) is 6.29. The van der Waals surface area contributed by atoms with Crippen molar-refractivity contribution in [2.45, 2.75) is 19.3 Å². The van der Waals surface area contributed by atoms with Crippen LogP contribution in [0.4, 0.5) is 0 Å². The van der Waals surface area contributed by atoms with E-state index < -0.39 is 14.6 Å². The van der Waals surface area contributed by atoms with Gasteiger partial charge in [-0.15, -0.1) is 0 Å². The van der Waals surface area contributed by atoms with Crippen LogP contribution in [0.2, 0.25) is 0 Å². The van der Waals surface area contributed by atoms with Gasteiger partial charge in [-0.05, 0) is 23.7 Å². The third kappa shape index (κ3) is 6.19. The Kier molecular flexibility index (Phi) is 4.23. The van der Waals surface area contributed by atoms with E-state index in [1.807, 2.05) is 0 Å². The Labute approximate surface area is 85.6 Å². The number of rotatable bonds is 6. The van der Waals surface area contributed by atoms with Gasteiger partial charge in [-0.25, -0.2) is 9.13 Å². The number of phosphoric acid groups is 1. The Morgan fingerprint density at radius 1 is 1.29 bits per heavy atom. The first-order valence-corrected chi connectivity index (χ1v) is 8.72. The molecule has 0 radical (unpaired) electrons. The van der Waals surface area contributed by atoms with Gasteiger partial charge in [0.15, 0.2) is 0 Å². The van der Waals surface area contributed by atoms with Crippen molar-refractivity contribution in [1.29, 1.82) is 0 Å². The van der Waals surface area contributed by atoms with E-state index in [0.717, 1.165) is 19.3 Å². The van der Waals surface area contributed by atoms with E-state index in [1.165, 1.54) is 0 Å². The summed E-state index contributed by atoms with van der Waals surface area (Å²) >= 11 is 0.571. The van der Waals surface area contributed by atoms with E-state index in [-0.39, 0.29) is 0 Å². The van der Waals surface area contributed by atoms with Crippen molar-refractivity contribution in [1.82, 2.24) is 0 Å². The van der Waals surface area contributed by atoms with Crippen molar-refractivity contribution in [2.24, 2.45) is 5.92 Å². The van der Waals surface area contributed by atoms with Crippen LogP contribution in [0.25, 0.3) is 0 Å². The molecule has 84 valence electrons. The van der Waals surface area contributed by atoms with Crippen molar-refractivity contribution >= 4 is 26.0 Å². The van der Waals surface area contributed by atoms with Crippen LogP contribution >= 0.6 is 26.0 Å². The second-order valence-corrected chi connectivity index (χ2v) is 8.50. The summed E-state index contributed by atoms with van der Waals surface area (Å²) < 4.78 is 25.1. The molecule has 3 N–H and O–H groups in total. The van der Waals surface area contributed by atoms with Crippen LogP contribution < -0.4 is 0 Å². The van der Waals surface area contributed by atoms with Gasteiger partial charge in [-0.3, -0.25) is 0 Å². The normalized spacial score (nSPS) is 21.9.